The monoisotopic (exact) mass is 447 g/mol. The molecular weight excluding hydrogens is 414 g/mol. The van der Waals surface area contributed by atoms with Crippen LogP contribution in [-0.4, -0.2) is 30.2 Å². The Bertz CT molecular complexity index is 1010. The lowest BCUT2D eigenvalue weighted by Gasteiger charge is -2.44. The molecule has 2 atom stereocenters. The molecule has 1 aliphatic carbocycles. The average molecular weight is 448 g/mol. The molecule has 0 radical (unpaired) electrons. The summed E-state index contributed by atoms with van der Waals surface area (Å²) in [6.07, 6.45) is 3.38. The van der Waals surface area contributed by atoms with Gasteiger partial charge in [0.05, 0.1) is 13.1 Å². The van der Waals surface area contributed by atoms with E-state index in [9.17, 15) is 8.78 Å². The molecule has 2 unspecified atom stereocenters. The highest BCUT2D eigenvalue weighted by molar-refractivity contribution is 5.27. The lowest BCUT2D eigenvalue weighted by atomic mass is 9.93. The van der Waals surface area contributed by atoms with Gasteiger partial charge in [-0.2, -0.15) is 0 Å². The molecule has 172 valence electrons. The second kappa shape index (κ2) is 9.74. The van der Waals surface area contributed by atoms with Crippen LogP contribution in [0.5, 0.6) is 0 Å². The number of nitrogens with zero attached hydrogens (tertiary/aromatic N) is 1. The van der Waals surface area contributed by atoms with Crippen molar-refractivity contribution in [2.24, 2.45) is 5.92 Å². The van der Waals surface area contributed by atoms with Crippen LogP contribution in [0, 0.1) is 17.6 Å². The van der Waals surface area contributed by atoms with Crippen molar-refractivity contribution < 1.29 is 13.3 Å². The third-order valence-corrected chi connectivity index (χ3v) is 7.64. The number of hydrogen-bond acceptors (Lipinski definition) is 1. The summed E-state index contributed by atoms with van der Waals surface area (Å²) in [4.78, 5) is 0. The predicted molar refractivity (Wildman–Crippen MR) is 129 cm³/mol. The van der Waals surface area contributed by atoms with E-state index in [-0.39, 0.29) is 11.6 Å². The van der Waals surface area contributed by atoms with Crippen LogP contribution in [-0.2, 0) is 13.1 Å². The molecule has 5 rings (SSSR count). The number of quaternary nitrogens is 1. The molecule has 3 aromatic rings. The summed E-state index contributed by atoms with van der Waals surface area (Å²) in [5.74, 6) is 0.947. The van der Waals surface area contributed by atoms with Crippen molar-refractivity contribution in [2.75, 3.05) is 19.6 Å². The van der Waals surface area contributed by atoms with Crippen molar-refractivity contribution in [3.05, 3.63) is 107 Å². The highest BCUT2D eigenvalue weighted by Crippen LogP contribution is 2.41. The van der Waals surface area contributed by atoms with Gasteiger partial charge < -0.3 is 9.80 Å². The van der Waals surface area contributed by atoms with Gasteiger partial charge in [0, 0.05) is 35.9 Å². The SMILES string of the molecule is Fc1ccccc1C[N+]1(Cc2ccccc2F)CCC(CNC2CC2c2ccccc2)CC1. The quantitative estimate of drug-likeness (QED) is 0.415. The number of piperidine rings is 1. The largest absolute Gasteiger partial charge is 0.316 e. The third kappa shape index (κ3) is 5.34. The van der Waals surface area contributed by atoms with Crippen molar-refractivity contribution in [3.8, 4) is 0 Å². The van der Waals surface area contributed by atoms with Crippen molar-refractivity contribution in [2.45, 2.75) is 44.3 Å². The Labute approximate surface area is 195 Å². The fourth-order valence-electron chi connectivity index (χ4n) is 5.53. The summed E-state index contributed by atoms with van der Waals surface area (Å²) in [6.45, 7) is 4.15. The first kappa shape index (κ1) is 22.2. The molecule has 2 fully saturated rings. The maximum atomic E-state index is 14.5. The molecule has 2 aliphatic rings. The zero-order valence-electron chi connectivity index (χ0n) is 19.1. The first-order valence-electron chi connectivity index (χ1n) is 12.2. The van der Waals surface area contributed by atoms with Crippen LogP contribution in [0.3, 0.4) is 0 Å². The van der Waals surface area contributed by atoms with Crippen molar-refractivity contribution in [1.29, 1.82) is 0 Å². The van der Waals surface area contributed by atoms with Gasteiger partial charge in [-0.25, -0.2) is 8.78 Å². The zero-order chi connectivity index (χ0) is 22.7. The molecule has 1 N–H and O–H groups in total. The van der Waals surface area contributed by atoms with Crippen LogP contribution in [0.2, 0.25) is 0 Å². The fraction of sp³-hybridized carbons (Fsp3) is 0.379. The van der Waals surface area contributed by atoms with Gasteiger partial charge in [0.2, 0.25) is 0 Å². The molecule has 1 saturated heterocycles. The maximum Gasteiger partial charge on any atom is 0.132 e. The molecule has 2 nitrogen and oxygen atoms in total. The fourth-order valence-corrected chi connectivity index (χ4v) is 5.53. The molecule has 0 bridgehead atoms. The van der Waals surface area contributed by atoms with Crippen molar-refractivity contribution >= 4 is 0 Å². The Balaban J connectivity index is 1.22. The smallest absolute Gasteiger partial charge is 0.132 e. The predicted octanol–water partition coefficient (Wildman–Crippen LogP) is 6.04. The Morgan fingerprint density at radius 3 is 1.85 bits per heavy atom. The minimum atomic E-state index is -0.159. The summed E-state index contributed by atoms with van der Waals surface area (Å²) in [5, 5.41) is 3.79. The number of likely N-dealkylation sites (tertiary alicyclic amines) is 1. The normalized spacial score (nSPS) is 22.2. The molecular formula is C29H33F2N2+. The first-order valence-corrected chi connectivity index (χ1v) is 12.2. The lowest BCUT2D eigenvalue weighted by molar-refractivity contribution is -0.958. The van der Waals surface area contributed by atoms with Crippen LogP contribution in [0.1, 0.15) is 41.9 Å². The molecule has 3 aromatic carbocycles. The van der Waals surface area contributed by atoms with Crippen molar-refractivity contribution in [1.82, 2.24) is 5.32 Å². The Morgan fingerprint density at radius 1 is 0.727 bits per heavy atom. The standard InChI is InChI=1S/C29H33F2N2/c30-27-12-6-4-10-24(27)20-33(21-25-11-5-7-13-28(25)31)16-14-22(15-17-33)19-32-29-18-26(29)23-8-2-1-3-9-23/h1-13,22,26,29,32H,14-21H2/q+1. The van der Waals surface area contributed by atoms with E-state index in [1.165, 1.54) is 24.1 Å². The second-order valence-electron chi connectivity index (χ2n) is 10.00. The Kier molecular flexibility index (Phi) is 6.57. The maximum absolute atomic E-state index is 14.5. The van der Waals surface area contributed by atoms with Crippen LogP contribution < -0.4 is 5.32 Å². The summed E-state index contributed by atoms with van der Waals surface area (Å²) >= 11 is 0. The van der Waals surface area contributed by atoms with E-state index in [4.69, 9.17) is 0 Å². The van der Waals surface area contributed by atoms with Gasteiger partial charge in [0.25, 0.3) is 0 Å². The molecule has 0 amide bonds. The van der Waals surface area contributed by atoms with Gasteiger partial charge in [-0.15, -0.1) is 0 Å². The van der Waals surface area contributed by atoms with E-state index in [1.807, 2.05) is 24.3 Å². The van der Waals surface area contributed by atoms with E-state index < -0.39 is 0 Å². The summed E-state index contributed by atoms with van der Waals surface area (Å²) in [6, 6.07) is 25.4. The first-order chi connectivity index (χ1) is 16.1. The van der Waals surface area contributed by atoms with E-state index in [1.54, 1.807) is 12.1 Å². The molecule has 1 aliphatic heterocycles. The summed E-state index contributed by atoms with van der Waals surface area (Å²) < 4.78 is 29.7. The summed E-state index contributed by atoms with van der Waals surface area (Å²) in [5.41, 5.74) is 2.90. The van der Waals surface area contributed by atoms with E-state index in [0.29, 0.717) is 35.5 Å². The Morgan fingerprint density at radius 2 is 1.27 bits per heavy atom. The van der Waals surface area contributed by atoms with Crippen LogP contribution >= 0.6 is 0 Å². The van der Waals surface area contributed by atoms with Gasteiger partial charge in [-0.05, 0) is 36.6 Å². The topological polar surface area (TPSA) is 12.0 Å². The van der Waals surface area contributed by atoms with Gasteiger partial charge in [0.1, 0.15) is 24.7 Å². The minimum Gasteiger partial charge on any atom is -0.316 e. The zero-order valence-corrected chi connectivity index (χ0v) is 19.1. The molecule has 1 heterocycles. The summed E-state index contributed by atoms with van der Waals surface area (Å²) in [7, 11) is 0. The number of hydrogen-bond donors (Lipinski definition) is 1. The highest BCUT2D eigenvalue weighted by Gasteiger charge is 2.40. The Hall–Kier alpha value is -2.56. The average Bonchev–Trinajstić information content (AvgIpc) is 3.62. The number of halogens is 2. The molecule has 0 spiro atoms. The van der Waals surface area contributed by atoms with Crippen LogP contribution in [0.15, 0.2) is 78.9 Å². The third-order valence-electron chi connectivity index (χ3n) is 7.64. The van der Waals surface area contributed by atoms with E-state index >= 15 is 0 Å². The van der Waals surface area contributed by atoms with Gasteiger partial charge in [-0.1, -0.05) is 66.7 Å². The molecule has 4 heteroatoms. The second-order valence-corrected chi connectivity index (χ2v) is 10.00. The highest BCUT2D eigenvalue weighted by atomic mass is 19.1. The minimum absolute atomic E-state index is 0.159. The lowest BCUT2D eigenvalue weighted by Crippen LogP contribution is -2.53. The van der Waals surface area contributed by atoms with Crippen LogP contribution in [0.25, 0.3) is 0 Å². The molecule has 1 saturated carbocycles. The van der Waals surface area contributed by atoms with Gasteiger partial charge >= 0.3 is 0 Å². The molecule has 33 heavy (non-hydrogen) atoms. The van der Waals surface area contributed by atoms with Gasteiger partial charge in [-0.3, -0.25) is 0 Å². The molecule has 0 aromatic heterocycles. The number of benzene rings is 3. The number of rotatable bonds is 8. The van der Waals surface area contributed by atoms with Crippen molar-refractivity contribution in [3.63, 3.8) is 0 Å². The van der Waals surface area contributed by atoms with Crippen LogP contribution in [0.4, 0.5) is 8.78 Å². The van der Waals surface area contributed by atoms with E-state index in [0.717, 1.165) is 43.6 Å². The van der Waals surface area contributed by atoms with E-state index in [2.05, 4.69) is 35.6 Å². The number of nitrogens with one attached hydrogen (secondary N) is 1. The van der Waals surface area contributed by atoms with Gasteiger partial charge in [0.15, 0.2) is 0 Å².